The summed E-state index contributed by atoms with van der Waals surface area (Å²) in [6.07, 6.45) is 0. The Hall–Kier alpha value is -2.24. The highest BCUT2D eigenvalue weighted by molar-refractivity contribution is 7.21. The van der Waals surface area contributed by atoms with Crippen molar-refractivity contribution >= 4 is 44.7 Å². The lowest BCUT2D eigenvalue weighted by atomic mass is 10.1. The molecule has 23 heavy (non-hydrogen) atoms. The quantitative estimate of drug-likeness (QED) is 0.367. The molecular weight excluding hydrogens is 337 g/mol. The fraction of sp³-hybridized carbons (Fsp3) is 0.0588. The van der Waals surface area contributed by atoms with E-state index in [1.165, 1.54) is 23.5 Å². The summed E-state index contributed by atoms with van der Waals surface area (Å²) in [5, 5.41) is 4.98. The molecule has 0 saturated carbocycles. The summed E-state index contributed by atoms with van der Waals surface area (Å²) < 4.78 is 13.8. The highest BCUT2D eigenvalue weighted by atomic mass is 35.5. The van der Waals surface area contributed by atoms with Gasteiger partial charge >= 0.3 is 5.97 Å². The zero-order valence-corrected chi connectivity index (χ0v) is 13.6. The Balaban J connectivity index is 1.81. The number of oxime groups is 1. The lowest BCUT2D eigenvalue weighted by Crippen LogP contribution is -2.02. The monoisotopic (exact) mass is 347 g/mol. The van der Waals surface area contributed by atoms with Crippen LogP contribution in [-0.2, 0) is 4.84 Å². The first-order valence-electron chi connectivity index (χ1n) is 6.75. The molecule has 3 rings (SSSR count). The van der Waals surface area contributed by atoms with Crippen LogP contribution in [0.5, 0.6) is 0 Å². The first-order valence-corrected chi connectivity index (χ1v) is 7.94. The van der Waals surface area contributed by atoms with Crippen LogP contribution in [0.4, 0.5) is 4.39 Å². The van der Waals surface area contributed by atoms with E-state index in [-0.39, 0.29) is 5.82 Å². The minimum Gasteiger partial charge on any atom is -0.312 e. The van der Waals surface area contributed by atoms with Crippen molar-refractivity contribution in [2.45, 2.75) is 6.92 Å². The predicted molar refractivity (Wildman–Crippen MR) is 90.9 cm³/mol. The molecule has 1 aromatic heterocycles. The normalized spacial score (nSPS) is 11.7. The van der Waals surface area contributed by atoms with Gasteiger partial charge in [0.2, 0.25) is 0 Å². The number of carbonyl (C=O) groups is 1. The molecule has 2 aromatic carbocycles. The highest BCUT2D eigenvalue weighted by Gasteiger charge is 2.18. The maximum atomic E-state index is 12.9. The molecule has 0 amide bonds. The standard InChI is InChI=1S/C17H11ClFNO2S/c1-10(11-6-8-12(19)9-7-11)20-22-17(21)16-15(18)13-4-2-3-5-14(13)23-16/h2-9H,1H3. The SMILES string of the molecule is CC(=NOC(=O)c1sc2ccccc2c1Cl)c1ccc(F)cc1. The Labute approximate surface area is 140 Å². The molecule has 0 N–H and O–H groups in total. The minimum absolute atomic E-state index is 0.309. The van der Waals surface area contributed by atoms with Crippen LogP contribution in [0.1, 0.15) is 22.2 Å². The van der Waals surface area contributed by atoms with Crippen LogP contribution in [0.25, 0.3) is 10.1 Å². The van der Waals surface area contributed by atoms with E-state index in [0.717, 1.165) is 10.1 Å². The third-order valence-corrected chi connectivity index (χ3v) is 4.90. The van der Waals surface area contributed by atoms with Crippen molar-refractivity contribution in [1.29, 1.82) is 0 Å². The molecule has 6 heteroatoms. The van der Waals surface area contributed by atoms with Crippen molar-refractivity contribution in [3.63, 3.8) is 0 Å². The van der Waals surface area contributed by atoms with Crippen LogP contribution in [0.3, 0.4) is 0 Å². The third-order valence-electron chi connectivity index (χ3n) is 3.25. The topological polar surface area (TPSA) is 38.7 Å². The zero-order chi connectivity index (χ0) is 16.4. The van der Waals surface area contributed by atoms with Gasteiger partial charge in [-0.05, 0) is 30.7 Å². The molecule has 0 aliphatic heterocycles. The Kier molecular flexibility index (Phi) is 4.41. The third kappa shape index (κ3) is 3.25. The number of hydrogen-bond acceptors (Lipinski definition) is 4. The number of fused-ring (bicyclic) bond motifs is 1. The van der Waals surface area contributed by atoms with E-state index in [2.05, 4.69) is 5.16 Å². The van der Waals surface area contributed by atoms with Gasteiger partial charge in [-0.25, -0.2) is 9.18 Å². The lowest BCUT2D eigenvalue weighted by Gasteiger charge is -2.00. The minimum atomic E-state index is -0.613. The van der Waals surface area contributed by atoms with E-state index in [0.29, 0.717) is 21.2 Å². The molecule has 0 fully saturated rings. The van der Waals surface area contributed by atoms with Gasteiger partial charge < -0.3 is 4.84 Å². The number of hydrogen-bond donors (Lipinski definition) is 0. The fourth-order valence-corrected chi connectivity index (χ4v) is 3.42. The molecule has 1 heterocycles. The second-order valence-corrected chi connectivity index (χ2v) is 6.23. The van der Waals surface area contributed by atoms with Crippen LogP contribution in [-0.4, -0.2) is 11.7 Å². The van der Waals surface area contributed by atoms with Gasteiger partial charge in [0.1, 0.15) is 10.7 Å². The summed E-state index contributed by atoms with van der Waals surface area (Å²) >= 11 is 7.48. The van der Waals surface area contributed by atoms with Crippen LogP contribution in [0.2, 0.25) is 5.02 Å². The van der Waals surface area contributed by atoms with Gasteiger partial charge in [0.25, 0.3) is 0 Å². The zero-order valence-electron chi connectivity index (χ0n) is 12.0. The molecule has 0 radical (unpaired) electrons. The second kappa shape index (κ2) is 6.48. The van der Waals surface area contributed by atoms with Crippen LogP contribution in [0.15, 0.2) is 53.7 Å². The summed E-state index contributed by atoms with van der Waals surface area (Å²) in [6, 6.07) is 13.2. The molecule has 0 bridgehead atoms. The van der Waals surface area contributed by atoms with E-state index >= 15 is 0 Å². The highest BCUT2D eigenvalue weighted by Crippen LogP contribution is 2.35. The summed E-state index contributed by atoms with van der Waals surface area (Å²) in [7, 11) is 0. The molecule has 0 saturated heterocycles. The van der Waals surface area contributed by atoms with Crippen molar-refractivity contribution in [3.05, 3.63) is 69.8 Å². The average molecular weight is 348 g/mol. The van der Waals surface area contributed by atoms with Gasteiger partial charge in [0, 0.05) is 10.1 Å². The van der Waals surface area contributed by atoms with Gasteiger partial charge in [0.05, 0.1) is 10.7 Å². The molecule has 0 spiro atoms. The molecule has 3 aromatic rings. The van der Waals surface area contributed by atoms with Gasteiger partial charge in [-0.15, -0.1) is 11.3 Å². The lowest BCUT2D eigenvalue weighted by molar-refractivity contribution is 0.0522. The first kappa shape index (κ1) is 15.6. The second-order valence-electron chi connectivity index (χ2n) is 4.80. The van der Waals surface area contributed by atoms with Crippen molar-refractivity contribution in [1.82, 2.24) is 0 Å². The van der Waals surface area contributed by atoms with Gasteiger partial charge in [0.15, 0.2) is 0 Å². The molecule has 0 aliphatic rings. The van der Waals surface area contributed by atoms with Crippen LogP contribution < -0.4 is 0 Å². The van der Waals surface area contributed by atoms with Gasteiger partial charge in [-0.3, -0.25) is 0 Å². The number of carbonyl (C=O) groups excluding carboxylic acids is 1. The maximum absolute atomic E-state index is 12.9. The number of rotatable bonds is 3. The first-order chi connectivity index (χ1) is 11.1. The number of halogens is 2. The Morgan fingerprint density at radius 2 is 1.87 bits per heavy atom. The van der Waals surface area contributed by atoms with Crippen molar-refractivity contribution in [2.75, 3.05) is 0 Å². The van der Waals surface area contributed by atoms with E-state index in [1.54, 1.807) is 19.1 Å². The Bertz CT molecular complexity index is 903. The molecular formula is C17H11ClFNO2S. The average Bonchev–Trinajstić information content (AvgIpc) is 2.90. The molecule has 0 unspecified atom stereocenters. The Morgan fingerprint density at radius 3 is 2.57 bits per heavy atom. The Morgan fingerprint density at radius 1 is 1.17 bits per heavy atom. The van der Waals surface area contributed by atoms with E-state index < -0.39 is 5.97 Å². The van der Waals surface area contributed by atoms with E-state index in [1.807, 2.05) is 24.3 Å². The summed E-state index contributed by atoms with van der Waals surface area (Å²) in [6.45, 7) is 1.67. The smallest absolute Gasteiger partial charge is 0.312 e. The van der Waals surface area contributed by atoms with Gasteiger partial charge in [-0.2, -0.15) is 0 Å². The summed E-state index contributed by atoms with van der Waals surface area (Å²) in [5.74, 6) is -0.951. The predicted octanol–water partition coefficient (Wildman–Crippen LogP) is 5.27. The van der Waals surface area contributed by atoms with Crippen molar-refractivity contribution in [3.8, 4) is 0 Å². The number of benzene rings is 2. The van der Waals surface area contributed by atoms with Crippen molar-refractivity contribution in [2.24, 2.45) is 5.16 Å². The number of thiophene rings is 1. The van der Waals surface area contributed by atoms with Crippen molar-refractivity contribution < 1.29 is 14.0 Å². The van der Waals surface area contributed by atoms with E-state index in [4.69, 9.17) is 16.4 Å². The van der Waals surface area contributed by atoms with E-state index in [9.17, 15) is 9.18 Å². The molecule has 3 nitrogen and oxygen atoms in total. The van der Waals surface area contributed by atoms with Crippen LogP contribution >= 0.6 is 22.9 Å². The fourth-order valence-electron chi connectivity index (χ4n) is 2.04. The molecule has 0 aliphatic carbocycles. The largest absolute Gasteiger partial charge is 0.377 e. The molecule has 116 valence electrons. The maximum Gasteiger partial charge on any atom is 0.377 e. The molecule has 0 atom stereocenters. The van der Waals surface area contributed by atoms with Gasteiger partial charge in [-0.1, -0.05) is 47.1 Å². The van der Waals surface area contributed by atoms with Crippen LogP contribution in [0, 0.1) is 5.82 Å². The number of nitrogens with zero attached hydrogens (tertiary/aromatic N) is 1. The summed E-state index contributed by atoms with van der Waals surface area (Å²) in [5.41, 5.74) is 1.14. The summed E-state index contributed by atoms with van der Waals surface area (Å²) in [4.78, 5) is 17.4.